The van der Waals surface area contributed by atoms with E-state index in [1.807, 2.05) is 6.08 Å². The molecular formula is C58H111NO13. The molecule has 2 fully saturated rings. The summed E-state index contributed by atoms with van der Waals surface area (Å²) in [6.07, 6.45) is 33.9. The van der Waals surface area contributed by atoms with E-state index in [0.717, 1.165) is 38.5 Å². The molecule has 0 bridgehead atoms. The smallest absolute Gasteiger partial charge is 0.220 e. The average Bonchev–Trinajstić information content (AvgIpc) is 3.38. The van der Waals surface area contributed by atoms with Gasteiger partial charge in [-0.05, 0) is 19.3 Å². The zero-order chi connectivity index (χ0) is 52.4. The minimum atomic E-state index is -1.79. The van der Waals surface area contributed by atoms with Gasteiger partial charge in [-0.2, -0.15) is 0 Å². The normalized spacial score (nSPS) is 25.6. The van der Waals surface area contributed by atoms with Crippen LogP contribution in [-0.4, -0.2) is 140 Å². The number of carbonyl (C=O) groups excluding carboxylic acids is 1. The molecule has 2 saturated heterocycles. The van der Waals surface area contributed by atoms with Gasteiger partial charge in [-0.25, -0.2) is 0 Å². The van der Waals surface area contributed by atoms with Gasteiger partial charge in [0.1, 0.15) is 48.8 Å². The van der Waals surface area contributed by atoms with E-state index in [4.69, 9.17) is 18.9 Å². The van der Waals surface area contributed by atoms with Crippen molar-refractivity contribution >= 4 is 5.91 Å². The van der Waals surface area contributed by atoms with Crippen LogP contribution in [0.5, 0.6) is 0 Å². The van der Waals surface area contributed by atoms with Crippen LogP contribution in [0.3, 0.4) is 0 Å². The molecule has 0 radical (unpaired) electrons. The van der Waals surface area contributed by atoms with Crippen molar-refractivity contribution in [3.63, 3.8) is 0 Å². The van der Waals surface area contributed by atoms with Crippen molar-refractivity contribution in [3.05, 3.63) is 12.2 Å². The van der Waals surface area contributed by atoms with Gasteiger partial charge in [0.05, 0.1) is 32.0 Å². The van der Waals surface area contributed by atoms with Crippen LogP contribution in [0.4, 0.5) is 0 Å². The van der Waals surface area contributed by atoms with E-state index >= 15 is 0 Å². The van der Waals surface area contributed by atoms with E-state index in [2.05, 4.69) is 19.2 Å². The molecule has 2 aliphatic rings. The van der Waals surface area contributed by atoms with Gasteiger partial charge in [0, 0.05) is 6.42 Å². The molecule has 9 N–H and O–H groups in total. The molecule has 0 spiro atoms. The summed E-state index contributed by atoms with van der Waals surface area (Å²) in [5, 5.41) is 87.1. The first kappa shape index (κ1) is 66.8. The fourth-order valence-electron chi connectivity index (χ4n) is 10.1. The largest absolute Gasteiger partial charge is 0.394 e. The molecule has 12 unspecified atom stereocenters. The Hall–Kier alpha value is -1.27. The van der Waals surface area contributed by atoms with Crippen LogP contribution in [0, 0.1) is 0 Å². The second-order valence-electron chi connectivity index (χ2n) is 21.5. The van der Waals surface area contributed by atoms with Crippen molar-refractivity contribution < 1.29 is 64.6 Å². The first-order valence-electron chi connectivity index (χ1n) is 29.9. The van der Waals surface area contributed by atoms with E-state index in [-0.39, 0.29) is 18.9 Å². The standard InChI is InChI=1S/C58H111NO13/c1-3-5-7-9-11-13-15-17-19-21-22-23-24-26-28-30-32-34-36-38-40-42-50(63)59-46(47(62)41-39-37-35-33-31-29-27-25-20-18-16-14-12-10-8-6-4-2)45-69-57-55(68)53(66)56(49(44-61)71-57)72-58-54(67)52(65)51(64)48(43-60)70-58/h39,41,46-49,51-58,60-62,64-68H,3-38,40,42-45H2,1-2H3,(H,59,63)/b41-39+. The SMILES string of the molecule is CCCCCCCCCCCCCCCCC/C=C/C(O)C(COC1OC(CO)C(OC2OC(CO)C(O)C(O)C2O)C(O)C1O)NC(=O)CCCCCCCCCCCCCCCCCCCCCCC. The Balaban J connectivity index is 1.76. The van der Waals surface area contributed by atoms with Crippen molar-refractivity contribution in [1.29, 1.82) is 0 Å². The van der Waals surface area contributed by atoms with Gasteiger partial charge in [0.15, 0.2) is 12.6 Å². The molecule has 2 heterocycles. The summed E-state index contributed by atoms with van der Waals surface area (Å²) < 4.78 is 22.8. The summed E-state index contributed by atoms with van der Waals surface area (Å²) in [5.41, 5.74) is 0. The Kier molecular flexibility index (Phi) is 41.6. The van der Waals surface area contributed by atoms with Gasteiger partial charge < -0.3 is 65.1 Å². The molecular weight excluding hydrogens is 919 g/mol. The highest BCUT2D eigenvalue weighted by Gasteiger charge is 2.51. The lowest BCUT2D eigenvalue weighted by Crippen LogP contribution is -2.65. The number of allylic oxidation sites excluding steroid dienone is 1. The van der Waals surface area contributed by atoms with Gasteiger partial charge >= 0.3 is 0 Å². The topological polar surface area (TPSA) is 228 Å². The number of aliphatic hydroxyl groups excluding tert-OH is 8. The van der Waals surface area contributed by atoms with Gasteiger partial charge in [-0.3, -0.25) is 4.79 Å². The zero-order valence-corrected chi connectivity index (χ0v) is 45.7. The third-order valence-corrected chi connectivity index (χ3v) is 15.0. The Labute approximate surface area is 437 Å². The first-order chi connectivity index (χ1) is 35.1. The van der Waals surface area contributed by atoms with Crippen LogP contribution in [0.15, 0.2) is 12.2 Å². The van der Waals surface area contributed by atoms with Crippen molar-refractivity contribution in [2.24, 2.45) is 0 Å². The van der Waals surface area contributed by atoms with Crippen LogP contribution in [0.25, 0.3) is 0 Å². The summed E-state index contributed by atoms with van der Waals surface area (Å²) in [7, 11) is 0. The van der Waals surface area contributed by atoms with Crippen LogP contribution in [-0.2, 0) is 23.7 Å². The minimum absolute atomic E-state index is 0.234. The lowest BCUT2D eigenvalue weighted by atomic mass is 9.97. The third-order valence-electron chi connectivity index (χ3n) is 15.0. The van der Waals surface area contributed by atoms with Crippen molar-refractivity contribution in [1.82, 2.24) is 5.32 Å². The fraction of sp³-hybridized carbons (Fsp3) is 0.948. The van der Waals surface area contributed by atoms with E-state index < -0.39 is 86.8 Å². The molecule has 1 amide bonds. The van der Waals surface area contributed by atoms with Crippen LogP contribution in [0.2, 0.25) is 0 Å². The molecule has 0 aromatic rings. The van der Waals surface area contributed by atoms with Gasteiger partial charge in [0.2, 0.25) is 5.91 Å². The highest BCUT2D eigenvalue weighted by Crippen LogP contribution is 2.30. The summed E-state index contributed by atoms with van der Waals surface area (Å²) in [6, 6.07) is -0.909. The van der Waals surface area contributed by atoms with Gasteiger partial charge in [0.25, 0.3) is 0 Å². The van der Waals surface area contributed by atoms with E-state index in [1.54, 1.807) is 6.08 Å². The summed E-state index contributed by atoms with van der Waals surface area (Å²) in [4.78, 5) is 13.3. The molecule has 0 aliphatic carbocycles. The average molecular weight is 1030 g/mol. The summed E-state index contributed by atoms with van der Waals surface area (Å²) >= 11 is 0. The maximum atomic E-state index is 13.3. The lowest BCUT2D eigenvalue weighted by molar-refractivity contribution is -0.359. The molecule has 14 nitrogen and oxygen atoms in total. The van der Waals surface area contributed by atoms with Crippen molar-refractivity contribution in [3.8, 4) is 0 Å². The molecule has 14 heteroatoms. The maximum absolute atomic E-state index is 13.3. The van der Waals surface area contributed by atoms with Gasteiger partial charge in [-0.15, -0.1) is 0 Å². The molecule has 0 saturated carbocycles. The number of hydrogen-bond donors (Lipinski definition) is 9. The number of carbonyl (C=O) groups is 1. The Morgan fingerprint density at radius 1 is 0.486 bits per heavy atom. The predicted octanol–water partition coefficient (Wildman–Crippen LogP) is 9.89. The van der Waals surface area contributed by atoms with Crippen molar-refractivity contribution in [2.45, 2.75) is 331 Å². The second-order valence-corrected chi connectivity index (χ2v) is 21.5. The van der Waals surface area contributed by atoms with Crippen molar-refractivity contribution in [2.75, 3.05) is 19.8 Å². The quantitative estimate of drug-likeness (QED) is 0.0205. The molecule has 0 aromatic carbocycles. The molecule has 72 heavy (non-hydrogen) atoms. The number of unbranched alkanes of at least 4 members (excludes halogenated alkanes) is 35. The van der Waals surface area contributed by atoms with Gasteiger partial charge in [-0.1, -0.05) is 244 Å². The minimum Gasteiger partial charge on any atom is -0.394 e. The highest BCUT2D eigenvalue weighted by molar-refractivity contribution is 5.76. The number of aliphatic hydroxyl groups is 8. The molecule has 426 valence electrons. The van der Waals surface area contributed by atoms with E-state index in [0.29, 0.717) is 6.42 Å². The number of ether oxygens (including phenoxy) is 4. The maximum Gasteiger partial charge on any atom is 0.220 e. The molecule has 12 atom stereocenters. The number of amides is 1. The van der Waals surface area contributed by atoms with Crippen LogP contribution in [0.1, 0.15) is 258 Å². The Bertz CT molecular complexity index is 1260. The Morgan fingerprint density at radius 3 is 1.28 bits per heavy atom. The van der Waals surface area contributed by atoms with E-state index in [9.17, 15) is 45.6 Å². The zero-order valence-electron chi connectivity index (χ0n) is 45.7. The number of nitrogens with one attached hydrogen (secondary N) is 1. The molecule has 2 aliphatic heterocycles. The highest BCUT2D eigenvalue weighted by atomic mass is 16.7. The van der Waals surface area contributed by atoms with Crippen LogP contribution < -0.4 is 5.32 Å². The number of rotatable bonds is 48. The third kappa shape index (κ3) is 30.5. The Morgan fingerprint density at radius 2 is 0.861 bits per heavy atom. The van der Waals surface area contributed by atoms with Crippen LogP contribution >= 0.6 is 0 Å². The first-order valence-corrected chi connectivity index (χ1v) is 29.9. The monoisotopic (exact) mass is 1030 g/mol. The molecule has 2 rings (SSSR count). The molecule has 0 aromatic heterocycles. The second kappa shape index (κ2) is 44.8. The lowest BCUT2D eigenvalue weighted by Gasteiger charge is -2.46. The van der Waals surface area contributed by atoms with E-state index in [1.165, 1.54) is 193 Å². The summed E-state index contributed by atoms with van der Waals surface area (Å²) in [5.74, 6) is -0.234. The fourth-order valence-corrected chi connectivity index (χ4v) is 10.1. The number of hydrogen-bond acceptors (Lipinski definition) is 13. The predicted molar refractivity (Wildman–Crippen MR) is 286 cm³/mol. The summed E-state index contributed by atoms with van der Waals surface area (Å²) in [6.45, 7) is 2.83.